The minimum absolute atomic E-state index is 0.0395. The monoisotopic (exact) mass is 365 g/mol. The molecule has 0 radical (unpaired) electrons. The molecule has 1 aliphatic carbocycles. The molecular formula is C20H23N5O2. The van der Waals surface area contributed by atoms with Crippen molar-refractivity contribution in [2.75, 3.05) is 11.9 Å². The summed E-state index contributed by atoms with van der Waals surface area (Å²) >= 11 is 0. The molecule has 0 spiro atoms. The third kappa shape index (κ3) is 3.71. The van der Waals surface area contributed by atoms with Crippen LogP contribution in [0.4, 0.5) is 5.82 Å². The van der Waals surface area contributed by atoms with Crippen molar-refractivity contribution in [2.45, 2.75) is 57.7 Å². The molecular weight excluding hydrogens is 342 g/mol. The van der Waals surface area contributed by atoms with Gasteiger partial charge in [0.05, 0.1) is 36.2 Å². The van der Waals surface area contributed by atoms with E-state index in [9.17, 15) is 10.1 Å². The van der Waals surface area contributed by atoms with Gasteiger partial charge in [-0.05, 0) is 44.7 Å². The molecule has 1 fully saturated rings. The zero-order valence-electron chi connectivity index (χ0n) is 15.4. The number of aromatic nitrogens is 3. The number of fused-ring (bicyclic) bond motifs is 1. The standard InChI is InChI=1S/C20H23N5O2/c1-13-2-7-19(26)25(24-13)17-5-3-16(4-6-17)22-20-14(11-21)10-15-12-27-9-8-18(15)23-20/h2,7,10,16-17H,3-6,8-9,12H2,1H3,(H,22,23). The first kappa shape index (κ1) is 17.7. The summed E-state index contributed by atoms with van der Waals surface area (Å²) in [6.07, 6.45) is 4.38. The first-order valence-electron chi connectivity index (χ1n) is 9.47. The number of nitrogens with one attached hydrogen (secondary N) is 1. The van der Waals surface area contributed by atoms with Crippen LogP contribution >= 0.6 is 0 Å². The van der Waals surface area contributed by atoms with Gasteiger partial charge in [0.2, 0.25) is 0 Å². The maximum atomic E-state index is 12.1. The Morgan fingerprint density at radius 2 is 2.11 bits per heavy atom. The lowest BCUT2D eigenvalue weighted by Gasteiger charge is -2.30. The van der Waals surface area contributed by atoms with Crippen LogP contribution in [0.5, 0.6) is 0 Å². The molecule has 1 saturated carbocycles. The predicted molar refractivity (Wildman–Crippen MR) is 100 cm³/mol. The van der Waals surface area contributed by atoms with E-state index in [4.69, 9.17) is 9.72 Å². The summed E-state index contributed by atoms with van der Waals surface area (Å²) < 4.78 is 7.08. The molecule has 0 unspecified atom stereocenters. The topological polar surface area (TPSA) is 92.8 Å². The van der Waals surface area contributed by atoms with Gasteiger partial charge in [-0.2, -0.15) is 10.4 Å². The number of anilines is 1. The Morgan fingerprint density at radius 1 is 1.30 bits per heavy atom. The van der Waals surface area contributed by atoms with Gasteiger partial charge in [-0.1, -0.05) is 0 Å². The van der Waals surface area contributed by atoms with Crippen molar-refractivity contribution in [3.63, 3.8) is 0 Å². The fourth-order valence-electron chi connectivity index (χ4n) is 3.92. The summed E-state index contributed by atoms with van der Waals surface area (Å²) in [7, 11) is 0. The lowest BCUT2D eigenvalue weighted by atomic mass is 9.91. The van der Waals surface area contributed by atoms with Gasteiger partial charge >= 0.3 is 0 Å². The molecule has 0 amide bonds. The number of rotatable bonds is 3. The fraction of sp³-hybridized carbons (Fsp3) is 0.500. The molecule has 3 heterocycles. The number of ether oxygens (including phenoxy) is 1. The van der Waals surface area contributed by atoms with E-state index >= 15 is 0 Å². The van der Waals surface area contributed by atoms with Gasteiger partial charge in [-0.3, -0.25) is 4.79 Å². The van der Waals surface area contributed by atoms with E-state index in [-0.39, 0.29) is 17.6 Å². The zero-order valence-corrected chi connectivity index (χ0v) is 15.4. The highest BCUT2D eigenvalue weighted by atomic mass is 16.5. The van der Waals surface area contributed by atoms with Crippen LogP contribution in [0.1, 0.15) is 54.2 Å². The fourth-order valence-corrected chi connectivity index (χ4v) is 3.92. The van der Waals surface area contributed by atoms with Crippen molar-refractivity contribution >= 4 is 5.82 Å². The van der Waals surface area contributed by atoms with Crippen molar-refractivity contribution in [1.82, 2.24) is 14.8 Å². The summed E-state index contributed by atoms with van der Waals surface area (Å²) in [6.45, 7) is 3.11. The molecule has 2 aromatic rings. The minimum atomic E-state index is -0.0395. The summed E-state index contributed by atoms with van der Waals surface area (Å²) in [4.78, 5) is 16.8. The minimum Gasteiger partial charge on any atom is -0.376 e. The number of hydrogen-bond donors (Lipinski definition) is 1. The largest absolute Gasteiger partial charge is 0.376 e. The highest BCUT2D eigenvalue weighted by Crippen LogP contribution is 2.30. The predicted octanol–water partition coefficient (Wildman–Crippen LogP) is 2.49. The van der Waals surface area contributed by atoms with Crippen LogP contribution in [0.2, 0.25) is 0 Å². The van der Waals surface area contributed by atoms with Crippen LogP contribution in [0.15, 0.2) is 23.0 Å². The molecule has 7 heteroatoms. The molecule has 27 heavy (non-hydrogen) atoms. The Hall–Kier alpha value is -2.72. The second kappa shape index (κ2) is 7.49. The maximum absolute atomic E-state index is 12.1. The first-order valence-corrected chi connectivity index (χ1v) is 9.47. The van der Waals surface area contributed by atoms with E-state index in [1.807, 2.05) is 13.0 Å². The van der Waals surface area contributed by atoms with Gasteiger partial charge in [0, 0.05) is 24.1 Å². The molecule has 0 bridgehead atoms. The molecule has 1 N–H and O–H groups in total. The van der Waals surface area contributed by atoms with Gasteiger partial charge < -0.3 is 10.1 Å². The van der Waals surface area contributed by atoms with E-state index in [0.29, 0.717) is 24.6 Å². The Labute approximate surface area is 158 Å². The zero-order chi connectivity index (χ0) is 18.8. The van der Waals surface area contributed by atoms with Crippen molar-refractivity contribution in [1.29, 1.82) is 5.26 Å². The van der Waals surface area contributed by atoms with E-state index in [1.165, 1.54) is 0 Å². The summed E-state index contributed by atoms with van der Waals surface area (Å²) in [5, 5.41) is 17.3. The highest BCUT2D eigenvalue weighted by molar-refractivity contribution is 5.55. The second-order valence-electron chi connectivity index (χ2n) is 7.31. The average molecular weight is 365 g/mol. The van der Waals surface area contributed by atoms with E-state index in [0.717, 1.165) is 49.1 Å². The number of hydrogen-bond acceptors (Lipinski definition) is 6. The first-order chi connectivity index (χ1) is 13.1. The number of nitrogens with zero attached hydrogens (tertiary/aromatic N) is 4. The Balaban J connectivity index is 1.46. The third-order valence-corrected chi connectivity index (χ3v) is 5.39. The summed E-state index contributed by atoms with van der Waals surface area (Å²) in [5.74, 6) is 0.674. The molecule has 7 nitrogen and oxygen atoms in total. The van der Waals surface area contributed by atoms with Gasteiger partial charge in [0.25, 0.3) is 5.56 Å². The maximum Gasteiger partial charge on any atom is 0.267 e. The SMILES string of the molecule is Cc1ccc(=O)n(C2CCC(Nc3nc4c(cc3C#N)COCC4)CC2)n1. The van der Waals surface area contributed by atoms with Gasteiger partial charge in [0.15, 0.2) is 0 Å². The van der Waals surface area contributed by atoms with Crippen LogP contribution in [0, 0.1) is 18.3 Å². The smallest absolute Gasteiger partial charge is 0.267 e. The van der Waals surface area contributed by atoms with Gasteiger partial charge in [-0.15, -0.1) is 0 Å². The molecule has 2 aliphatic rings. The van der Waals surface area contributed by atoms with Crippen molar-refractivity contribution in [3.05, 3.63) is 51.1 Å². The second-order valence-corrected chi connectivity index (χ2v) is 7.31. The Morgan fingerprint density at radius 3 is 2.89 bits per heavy atom. The average Bonchev–Trinajstić information content (AvgIpc) is 2.70. The van der Waals surface area contributed by atoms with Crippen LogP contribution in [-0.4, -0.2) is 27.4 Å². The number of nitriles is 1. The molecule has 2 aromatic heterocycles. The molecule has 140 valence electrons. The van der Waals surface area contributed by atoms with Gasteiger partial charge in [0.1, 0.15) is 11.9 Å². The Kier molecular flexibility index (Phi) is 4.90. The van der Waals surface area contributed by atoms with Crippen LogP contribution in [0.3, 0.4) is 0 Å². The number of pyridine rings is 1. The quantitative estimate of drug-likeness (QED) is 0.898. The van der Waals surface area contributed by atoms with Crippen molar-refractivity contribution < 1.29 is 4.74 Å². The molecule has 0 aromatic carbocycles. The van der Waals surface area contributed by atoms with Crippen LogP contribution < -0.4 is 10.9 Å². The van der Waals surface area contributed by atoms with Crippen molar-refractivity contribution in [3.8, 4) is 6.07 Å². The summed E-state index contributed by atoms with van der Waals surface area (Å²) in [6, 6.07) is 7.87. The van der Waals surface area contributed by atoms with Gasteiger partial charge in [-0.25, -0.2) is 9.67 Å². The lowest BCUT2D eigenvalue weighted by molar-refractivity contribution is 0.109. The van der Waals surface area contributed by atoms with E-state index in [1.54, 1.807) is 16.8 Å². The molecule has 0 saturated heterocycles. The van der Waals surface area contributed by atoms with E-state index < -0.39 is 0 Å². The van der Waals surface area contributed by atoms with Crippen molar-refractivity contribution in [2.24, 2.45) is 0 Å². The molecule has 1 aliphatic heterocycles. The normalized spacial score (nSPS) is 21.9. The number of aryl methyl sites for hydroxylation is 1. The Bertz CT molecular complexity index is 938. The third-order valence-electron chi connectivity index (χ3n) is 5.39. The summed E-state index contributed by atoms with van der Waals surface area (Å²) in [5.41, 5.74) is 3.42. The van der Waals surface area contributed by atoms with Crippen LogP contribution in [0.25, 0.3) is 0 Å². The van der Waals surface area contributed by atoms with E-state index in [2.05, 4.69) is 16.5 Å². The lowest BCUT2D eigenvalue weighted by Crippen LogP contribution is -2.33. The highest BCUT2D eigenvalue weighted by Gasteiger charge is 2.25. The van der Waals surface area contributed by atoms with Crippen LogP contribution in [-0.2, 0) is 17.8 Å². The molecule has 0 atom stereocenters. The molecule has 4 rings (SSSR count).